The lowest BCUT2D eigenvalue weighted by atomic mass is 10.2. The summed E-state index contributed by atoms with van der Waals surface area (Å²) in [5, 5.41) is 11.7. The van der Waals surface area contributed by atoms with Crippen LogP contribution in [0.5, 0.6) is 0 Å². The third-order valence-corrected chi connectivity index (χ3v) is 5.36. The number of aromatic nitrogens is 2. The van der Waals surface area contributed by atoms with Crippen molar-refractivity contribution in [1.82, 2.24) is 14.7 Å². The molecule has 1 fully saturated rings. The van der Waals surface area contributed by atoms with Crippen LogP contribution < -0.4 is 5.32 Å². The largest absolute Gasteiger partial charge is 0.376 e. The van der Waals surface area contributed by atoms with E-state index in [4.69, 9.17) is 4.74 Å². The van der Waals surface area contributed by atoms with E-state index >= 15 is 0 Å². The van der Waals surface area contributed by atoms with Gasteiger partial charge >= 0.3 is 6.03 Å². The molecule has 0 spiro atoms. The molecular weight excluding hydrogens is 336 g/mol. The van der Waals surface area contributed by atoms with Crippen LogP contribution >= 0.6 is 11.3 Å². The molecule has 2 aromatic heterocycles. The van der Waals surface area contributed by atoms with Crippen LogP contribution in [-0.2, 0) is 24.8 Å². The minimum Gasteiger partial charge on any atom is -0.376 e. The van der Waals surface area contributed by atoms with E-state index in [-0.39, 0.29) is 12.1 Å². The van der Waals surface area contributed by atoms with E-state index in [1.165, 1.54) is 0 Å². The van der Waals surface area contributed by atoms with Gasteiger partial charge in [0.25, 0.3) is 0 Å². The Kier molecular flexibility index (Phi) is 5.75. The lowest BCUT2D eigenvalue weighted by Crippen LogP contribution is -2.40. The van der Waals surface area contributed by atoms with Gasteiger partial charge in [0.05, 0.1) is 11.8 Å². The fourth-order valence-electron chi connectivity index (χ4n) is 3.23. The number of carbonyl (C=O) groups is 1. The van der Waals surface area contributed by atoms with Gasteiger partial charge in [-0.1, -0.05) is 6.92 Å². The molecule has 1 aliphatic heterocycles. The SMILES string of the molecule is CCc1nn(C)c(NC(=O)N(Cc2ccsc2)CC2CCCO2)c1C. The van der Waals surface area contributed by atoms with Gasteiger partial charge in [0, 0.05) is 32.3 Å². The zero-order chi connectivity index (χ0) is 17.8. The smallest absolute Gasteiger partial charge is 0.323 e. The molecule has 2 amide bonds. The van der Waals surface area contributed by atoms with Crippen LogP contribution in [0, 0.1) is 6.92 Å². The van der Waals surface area contributed by atoms with E-state index in [9.17, 15) is 4.79 Å². The van der Waals surface area contributed by atoms with Crippen molar-refractivity contribution in [3.63, 3.8) is 0 Å². The maximum atomic E-state index is 13.0. The van der Waals surface area contributed by atoms with Crippen molar-refractivity contribution < 1.29 is 9.53 Å². The number of amides is 2. The molecule has 0 bridgehead atoms. The molecule has 1 aliphatic rings. The number of hydrogen-bond donors (Lipinski definition) is 1. The molecule has 7 heteroatoms. The van der Waals surface area contributed by atoms with Crippen molar-refractivity contribution in [2.45, 2.75) is 45.8 Å². The van der Waals surface area contributed by atoms with Crippen LogP contribution in [-0.4, -0.2) is 40.0 Å². The summed E-state index contributed by atoms with van der Waals surface area (Å²) in [6.45, 7) is 6.07. The normalized spacial score (nSPS) is 17.0. The summed E-state index contributed by atoms with van der Waals surface area (Å²) in [5.41, 5.74) is 3.20. The van der Waals surface area contributed by atoms with Gasteiger partial charge in [-0.25, -0.2) is 4.79 Å². The van der Waals surface area contributed by atoms with Crippen molar-refractivity contribution >= 4 is 23.2 Å². The first kappa shape index (κ1) is 17.9. The van der Waals surface area contributed by atoms with Gasteiger partial charge in [-0.05, 0) is 48.6 Å². The minimum absolute atomic E-state index is 0.101. The molecule has 3 heterocycles. The van der Waals surface area contributed by atoms with Crippen molar-refractivity contribution in [3.8, 4) is 0 Å². The molecule has 2 aromatic rings. The predicted octanol–water partition coefficient (Wildman–Crippen LogP) is 3.57. The average molecular weight is 362 g/mol. The van der Waals surface area contributed by atoms with Gasteiger partial charge in [-0.3, -0.25) is 10.00 Å². The Labute approximate surface area is 152 Å². The molecular formula is C18H26N4O2S. The summed E-state index contributed by atoms with van der Waals surface area (Å²) in [7, 11) is 1.87. The maximum absolute atomic E-state index is 13.0. The molecule has 3 rings (SSSR count). The predicted molar refractivity (Wildman–Crippen MR) is 100 cm³/mol. The average Bonchev–Trinajstić information content (AvgIpc) is 3.33. The first-order chi connectivity index (χ1) is 12.1. The third-order valence-electron chi connectivity index (χ3n) is 4.63. The van der Waals surface area contributed by atoms with Gasteiger partial charge in [-0.2, -0.15) is 16.4 Å². The number of nitrogens with zero attached hydrogens (tertiary/aromatic N) is 3. The Morgan fingerprint density at radius 3 is 3.00 bits per heavy atom. The molecule has 0 aliphatic carbocycles. The van der Waals surface area contributed by atoms with Crippen molar-refractivity contribution in [1.29, 1.82) is 0 Å². The van der Waals surface area contributed by atoms with E-state index in [1.54, 1.807) is 16.0 Å². The molecule has 6 nitrogen and oxygen atoms in total. The number of hydrogen-bond acceptors (Lipinski definition) is 4. The first-order valence-corrected chi connectivity index (χ1v) is 9.73. The summed E-state index contributed by atoms with van der Waals surface area (Å²) < 4.78 is 7.49. The fraction of sp³-hybridized carbons (Fsp3) is 0.556. The third kappa shape index (κ3) is 4.22. The molecule has 1 saturated heterocycles. The summed E-state index contributed by atoms with van der Waals surface area (Å²) in [4.78, 5) is 14.8. The van der Waals surface area contributed by atoms with E-state index in [0.29, 0.717) is 13.1 Å². The van der Waals surface area contributed by atoms with E-state index in [0.717, 1.165) is 48.5 Å². The highest BCUT2D eigenvalue weighted by molar-refractivity contribution is 7.07. The Morgan fingerprint density at radius 2 is 2.40 bits per heavy atom. The Morgan fingerprint density at radius 1 is 1.56 bits per heavy atom. The van der Waals surface area contributed by atoms with E-state index in [1.807, 2.05) is 24.3 Å². The maximum Gasteiger partial charge on any atom is 0.323 e. The molecule has 0 radical (unpaired) electrons. The highest BCUT2D eigenvalue weighted by Gasteiger charge is 2.24. The van der Waals surface area contributed by atoms with Gasteiger partial charge in [-0.15, -0.1) is 0 Å². The molecule has 25 heavy (non-hydrogen) atoms. The van der Waals surface area contributed by atoms with Crippen LogP contribution in [0.25, 0.3) is 0 Å². The fourth-order valence-corrected chi connectivity index (χ4v) is 3.89. The van der Waals surface area contributed by atoms with Crippen molar-refractivity contribution in [3.05, 3.63) is 33.6 Å². The quantitative estimate of drug-likeness (QED) is 0.855. The van der Waals surface area contributed by atoms with Gasteiger partial charge in [0.15, 0.2) is 0 Å². The molecule has 136 valence electrons. The van der Waals surface area contributed by atoms with Crippen molar-refractivity contribution in [2.75, 3.05) is 18.5 Å². The number of carbonyl (C=O) groups excluding carboxylic acids is 1. The number of urea groups is 1. The number of rotatable bonds is 6. The number of nitrogens with one attached hydrogen (secondary N) is 1. The lowest BCUT2D eigenvalue weighted by Gasteiger charge is -2.25. The van der Waals surface area contributed by atoms with Gasteiger partial charge < -0.3 is 9.64 Å². The molecule has 0 aromatic carbocycles. The highest BCUT2D eigenvalue weighted by atomic mass is 32.1. The van der Waals surface area contributed by atoms with E-state index in [2.05, 4.69) is 28.8 Å². The molecule has 1 unspecified atom stereocenters. The van der Waals surface area contributed by atoms with Gasteiger partial charge in [0.1, 0.15) is 5.82 Å². The van der Waals surface area contributed by atoms with Crippen LogP contribution in [0.15, 0.2) is 16.8 Å². The van der Waals surface area contributed by atoms with Crippen LogP contribution in [0.2, 0.25) is 0 Å². The minimum atomic E-state index is -0.101. The summed E-state index contributed by atoms with van der Waals surface area (Å²) in [6.07, 6.45) is 3.06. The molecule has 1 atom stereocenters. The summed E-state index contributed by atoms with van der Waals surface area (Å²) in [5.74, 6) is 0.768. The highest BCUT2D eigenvalue weighted by Crippen LogP contribution is 2.21. The zero-order valence-electron chi connectivity index (χ0n) is 15.1. The summed E-state index contributed by atoms with van der Waals surface area (Å²) in [6, 6.07) is 1.96. The van der Waals surface area contributed by atoms with Crippen molar-refractivity contribution in [2.24, 2.45) is 7.05 Å². The second-order valence-electron chi connectivity index (χ2n) is 6.47. The van der Waals surface area contributed by atoms with Gasteiger partial charge in [0.2, 0.25) is 0 Å². The number of ether oxygens (including phenoxy) is 1. The van der Waals surface area contributed by atoms with Crippen LogP contribution in [0.4, 0.5) is 10.6 Å². The van der Waals surface area contributed by atoms with Crippen LogP contribution in [0.1, 0.15) is 36.6 Å². The Hall–Kier alpha value is -1.86. The topological polar surface area (TPSA) is 59.4 Å². The lowest BCUT2D eigenvalue weighted by molar-refractivity contribution is 0.0819. The first-order valence-electron chi connectivity index (χ1n) is 8.79. The number of aryl methyl sites for hydroxylation is 2. The number of anilines is 1. The Balaban J connectivity index is 1.74. The molecule has 0 saturated carbocycles. The molecule has 1 N–H and O–H groups in total. The van der Waals surface area contributed by atoms with E-state index < -0.39 is 0 Å². The number of thiophene rings is 1. The second kappa shape index (κ2) is 8.01. The summed E-state index contributed by atoms with van der Waals surface area (Å²) >= 11 is 1.65. The zero-order valence-corrected chi connectivity index (χ0v) is 15.9. The second-order valence-corrected chi connectivity index (χ2v) is 7.25. The van der Waals surface area contributed by atoms with Crippen LogP contribution in [0.3, 0.4) is 0 Å². The standard InChI is InChI=1S/C18H26N4O2S/c1-4-16-13(2)17(21(3)20-16)19-18(23)22(10-14-7-9-25-12-14)11-15-6-5-8-24-15/h7,9,12,15H,4-6,8,10-11H2,1-3H3,(H,19,23). The Bertz CT molecular complexity index is 705. The monoisotopic (exact) mass is 362 g/mol.